The van der Waals surface area contributed by atoms with Gasteiger partial charge in [-0.25, -0.2) is 13.1 Å². The van der Waals surface area contributed by atoms with Gasteiger partial charge in [-0.3, -0.25) is 4.79 Å². The summed E-state index contributed by atoms with van der Waals surface area (Å²) in [6.07, 6.45) is 1.70. The first-order valence-electron chi connectivity index (χ1n) is 5.89. The summed E-state index contributed by atoms with van der Waals surface area (Å²) in [7, 11) is -3.35. The molecule has 19 heavy (non-hydrogen) atoms. The van der Waals surface area contributed by atoms with Gasteiger partial charge in [0.25, 0.3) is 0 Å². The molecule has 104 valence electrons. The van der Waals surface area contributed by atoms with Crippen LogP contribution < -0.4 is 14.8 Å². The molecule has 1 aromatic carbocycles. The van der Waals surface area contributed by atoms with Crippen molar-refractivity contribution in [3.63, 3.8) is 0 Å². The van der Waals surface area contributed by atoms with Crippen LogP contribution in [0.15, 0.2) is 24.3 Å². The first kappa shape index (κ1) is 13.8. The maximum absolute atomic E-state index is 11.6. The van der Waals surface area contributed by atoms with Crippen LogP contribution >= 0.6 is 0 Å². The van der Waals surface area contributed by atoms with E-state index in [-0.39, 0.29) is 18.5 Å². The SMILES string of the molecule is CS(=O)(=O)NCC(=O)N[C@H]1COc2ccccc2C1. The van der Waals surface area contributed by atoms with E-state index in [1.165, 1.54) is 0 Å². The second kappa shape index (κ2) is 5.58. The van der Waals surface area contributed by atoms with Crippen molar-refractivity contribution in [2.45, 2.75) is 12.5 Å². The molecule has 1 aliphatic rings. The maximum Gasteiger partial charge on any atom is 0.235 e. The Balaban J connectivity index is 1.87. The van der Waals surface area contributed by atoms with E-state index in [4.69, 9.17) is 4.74 Å². The Morgan fingerprint density at radius 3 is 2.89 bits per heavy atom. The Bertz CT molecular complexity index is 571. The van der Waals surface area contributed by atoms with Crippen LogP contribution in [0.3, 0.4) is 0 Å². The molecule has 0 saturated carbocycles. The average molecular weight is 284 g/mol. The zero-order valence-electron chi connectivity index (χ0n) is 10.5. The summed E-state index contributed by atoms with van der Waals surface area (Å²) in [5.41, 5.74) is 1.04. The second-order valence-electron chi connectivity index (χ2n) is 4.48. The lowest BCUT2D eigenvalue weighted by Gasteiger charge is -2.26. The molecular formula is C12H16N2O4S. The summed E-state index contributed by atoms with van der Waals surface area (Å²) in [5.74, 6) is 0.473. The molecule has 1 atom stereocenters. The lowest BCUT2D eigenvalue weighted by molar-refractivity contribution is -0.120. The molecule has 1 aromatic rings. The van der Waals surface area contributed by atoms with Gasteiger partial charge in [0.2, 0.25) is 15.9 Å². The Hall–Kier alpha value is -1.60. The van der Waals surface area contributed by atoms with Crippen molar-refractivity contribution in [1.29, 1.82) is 0 Å². The average Bonchev–Trinajstić information content (AvgIpc) is 2.35. The van der Waals surface area contributed by atoms with E-state index < -0.39 is 10.0 Å². The highest BCUT2D eigenvalue weighted by Crippen LogP contribution is 2.23. The third kappa shape index (κ3) is 4.22. The minimum atomic E-state index is -3.35. The van der Waals surface area contributed by atoms with Crippen molar-refractivity contribution in [3.05, 3.63) is 29.8 Å². The molecule has 0 unspecified atom stereocenters. The molecule has 0 spiro atoms. The van der Waals surface area contributed by atoms with Crippen LogP contribution in [-0.4, -0.2) is 39.8 Å². The van der Waals surface area contributed by atoms with Crippen molar-refractivity contribution in [2.75, 3.05) is 19.4 Å². The van der Waals surface area contributed by atoms with Crippen molar-refractivity contribution in [1.82, 2.24) is 10.0 Å². The molecule has 2 rings (SSSR count). The van der Waals surface area contributed by atoms with Crippen LogP contribution in [0.4, 0.5) is 0 Å². The largest absolute Gasteiger partial charge is 0.491 e. The maximum atomic E-state index is 11.6. The lowest BCUT2D eigenvalue weighted by Crippen LogP contribution is -2.46. The normalized spacial score (nSPS) is 18.3. The van der Waals surface area contributed by atoms with Gasteiger partial charge in [-0.05, 0) is 18.1 Å². The van der Waals surface area contributed by atoms with Gasteiger partial charge in [-0.15, -0.1) is 0 Å². The van der Waals surface area contributed by atoms with E-state index in [2.05, 4.69) is 10.0 Å². The molecule has 1 amide bonds. The molecule has 0 radical (unpaired) electrons. The highest BCUT2D eigenvalue weighted by Gasteiger charge is 2.21. The molecule has 2 N–H and O–H groups in total. The fourth-order valence-corrected chi connectivity index (χ4v) is 2.29. The van der Waals surface area contributed by atoms with Crippen LogP contribution in [0.25, 0.3) is 0 Å². The number of fused-ring (bicyclic) bond motifs is 1. The third-order valence-electron chi connectivity index (χ3n) is 2.74. The Labute approximate surface area is 112 Å². The van der Waals surface area contributed by atoms with Crippen LogP contribution in [0.2, 0.25) is 0 Å². The quantitative estimate of drug-likeness (QED) is 0.792. The summed E-state index contributed by atoms with van der Waals surface area (Å²) >= 11 is 0. The first-order chi connectivity index (χ1) is 8.94. The highest BCUT2D eigenvalue weighted by molar-refractivity contribution is 7.88. The number of carbonyl (C=O) groups excluding carboxylic acids is 1. The van der Waals surface area contributed by atoms with Gasteiger partial charge in [-0.1, -0.05) is 18.2 Å². The first-order valence-corrected chi connectivity index (χ1v) is 7.78. The molecule has 6 nitrogen and oxygen atoms in total. The standard InChI is InChI=1S/C12H16N2O4S/c1-19(16,17)13-7-12(15)14-10-6-9-4-2-3-5-11(9)18-8-10/h2-5,10,13H,6-8H2,1H3,(H,14,15)/t10-/m1/s1. The second-order valence-corrected chi connectivity index (χ2v) is 6.31. The predicted octanol–water partition coefficient (Wildman–Crippen LogP) is -0.344. The van der Waals surface area contributed by atoms with E-state index in [0.29, 0.717) is 13.0 Å². The Morgan fingerprint density at radius 1 is 1.42 bits per heavy atom. The zero-order valence-corrected chi connectivity index (χ0v) is 11.4. The minimum Gasteiger partial charge on any atom is -0.491 e. The predicted molar refractivity (Wildman–Crippen MR) is 70.4 cm³/mol. The number of sulfonamides is 1. The summed E-state index contributed by atoms with van der Waals surface area (Å²) < 4.78 is 29.4. The number of amides is 1. The summed E-state index contributed by atoms with van der Waals surface area (Å²) in [6.45, 7) is 0.138. The summed E-state index contributed by atoms with van der Waals surface area (Å²) in [6, 6.07) is 7.51. The van der Waals surface area contributed by atoms with E-state index in [9.17, 15) is 13.2 Å². The Kier molecular flexibility index (Phi) is 4.06. The fraction of sp³-hybridized carbons (Fsp3) is 0.417. The zero-order chi connectivity index (χ0) is 13.9. The van der Waals surface area contributed by atoms with Gasteiger partial charge in [0.15, 0.2) is 0 Å². The lowest BCUT2D eigenvalue weighted by atomic mass is 10.0. The minimum absolute atomic E-state index is 0.135. The van der Waals surface area contributed by atoms with Crippen LogP contribution in [0, 0.1) is 0 Å². The molecule has 1 heterocycles. The van der Waals surface area contributed by atoms with Crippen LogP contribution in [0.1, 0.15) is 5.56 Å². The van der Waals surface area contributed by atoms with Crippen LogP contribution in [-0.2, 0) is 21.2 Å². The molecule has 1 aliphatic heterocycles. The van der Waals surface area contributed by atoms with Gasteiger partial charge >= 0.3 is 0 Å². The summed E-state index contributed by atoms with van der Waals surface area (Å²) in [5, 5.41) is 2.74. The number of benzene rings is 1. The highest BCUT2D eigenvalue weighted by atomic mass is 32.2. The molecular weight excluding hydrogens is 268 g/mol. The number of carbonyl (C=O) groups is 1. The van der Waals surface area contributed by atoms with Crippen molar-refractivity contribution >= 4 is 15.9 Å². The van der Waals surface area contributed by atoms with Gasteiger partial charge in [0, 0.05) is 0 Å². The molecule has 0 fully saturated rings. The van der Waals surface area contributed by atoms with Gasteiger partial charge < -0.3 is 10.1 Å². The smallest absolute Gasteiger partial charge is 0.235 e. The van der Waals surface area contributed by atoms with Crippen molar-refractivity contribution < 1.29 is 17.9 Å². The number of hydrogen-bond donors (Lipinski definition) is 2. The molecule has 0 bridgehead atoms. The number of rotatable bonds is 4. The van der Waals surface area contributed by atoms with Crippen molar-refractivity contribution in [2.24, 2.45) is 0 Å². The van der Waals surface area contributed by atoms with Crippen LogP contribution in [0.5, 0.6) is 5.75 Å². The van der Waals surface area contributed by atoms with Gasteiger partial charge in [0.05, 0.1) is 18.8 Å². The Morgan fingerprint density at radius 2 is 2.16 bits per heavy atom. The third-order valence-corrected chi connectivity index (χ3v) is 3.41. The number of hydrogen-bond acceptors (Lipinski definition) is 4. The number of para-hydroxylation sites is 1. The molecule has 7 heteroatoms. The van der Waals surface area contributed by atoms with E-state index in [1.54, 1.807) is 0 Å². The molecule has 0 aliphatic carbocycles. The topological polar surface area (TPSA) is 84.5 Å². The van der Waals surface area contributed by atoms with Gasteiger partial charge in [-0.2, -0.15) is 0 Å². The monoisotopic (exact) mass is 284 g/mol. The van der Waals surface area contributed by atoms with Crippen molar-refractivity contribution in [3.8, 4) is 5.75 Å². The number of ether oxygens (including phenoxy) is 1. The molecule has 0 saturated heterocycles. The number of nitrogens with one attached hydrogen (secondary N) is 2. The van der Waals surface area contributed by atoms with E-state index in [0.717, 1.165) is 17.6 Å². The fourth-order valence-electron chi connectivity index (χ4n) is 1.90. The van der Waals surface area contributed by atoms with E-state index in [1.807, 2.05) is 24.3 Å². The van der Waals surface area contributed by atoms with E-state index >= 15 is 0 Å². The summed E-state index contributed by atoms with van der Waals surface area (Å²) in [4.78, 5) is 11.6. The van der Waals surface area contributed by atoms with Gasteiger partial charge in [0.1, 0.15) is 12.4 Å². The molecule has 0 aromatic heterocycles.